The van der Waals surface area contributed by atoms with Crippen LogP contribution < -0.4 is 0 Å². The summed E-state index contributed by atoms with van der Waals surface area (Å²) in [5, 5.41) is 8.28. The van der Waals surface area contributed by atoms with Crippen LogP contribution in [0.1, 0.15) is 13.3 Å². The van der Waals surface area contributed by atoms with Gasteiger partial charge >= 0.3 is 5.97 Å². The first kappa shape index (κ1) is 13.2. The Morgan fingerprint density at radius 3 is 1.87 bits per heavy atom. The number of aliphatic carboxylic acids is 1. The van der Waals surface area contributed by atoms with Crippen LogP contribution in [0.5, 0.6) is 0 Å². The normalized spacial score (nSPS) is 13.1. The summed E-state index contributed by atoms with van der Waals surface area (Å²) in [6.45, 7) is 2.08. The van der Waals surface area contributed by atoms with E-state index in [1.807, 2.05) is 30.4 Å². The van der Waals surface area contributed by atoms with Crippen molar-refractivity contribution in [3.8, 4) is 0 Å². The van der Waals surface area contributed by atoms with Gasteiger partial charge in [-0.1, -0.05) is 61.6 Å². The first-order chi connectivity index (χ1) is 7.27. The van der Waals surface area contributed by atoms with Gasteiger partial charge in [0, 0.05) is 6.08 Å². The van der Waals surface area contributed by atoms with Crippen LogP contribution in [0.3, 0.4) is 0 Å². The zero-order chi connectivity index (χ0) is 11.4. The number of carboxylic acid groups (broad SMARTS) is 1. The first-order valence-corrected chi connectivity index (χ1v) is 4.83. The van der Waals surface area contributed by atoms with Crippen molar-refractivity contribution in [1.29, 1.82) is 0 Å². The molecule has 1 N–H and O–H groups in total. The maximum Gasteiger partial charge on any atom is 0.328 e. The van der Waals surface area contributed by atoms with E-state index >= 15 is 0 Å². The second-order valence-electron chi connectivity index (χ2n) is 2.69. The fourth-order valence-corrected chi connectivity index (χ4v) is 0.737. The lowest BCUT2D eigenvalue weighted by molar-refractivity contribution is -0.131. The Morgan fingerprint density at radius 2 is 1.40 bits per heavy atom. The van der Waals surface area contributed by atoms with Crippen molar-refractivity contribution in [3.05, 3.63) is 60.8 Å². The Kier molecular flexibility index (Phi) is 9.00. The third-order valence-electron chi connectivity index (χ3n) is 1.39. The topological polar surface area (TPSA) is 37.3 Å². The van der Waals surface area contributed by atoms with Crippen LogP contribution in [0, 0.1) is 0 Å². The van der Waals surface area contributed by atoms with Crippen LogP contribution in [0.15, 0.2) is 60.8 Å². The molecule has 0 amide bonds. The van der Waals surface area contributed by atoms with Crippen molar-refractivity contribution < 1.29 is 9.90 Å². The molecule has 0 aromatic rings. The van der Waals surface area contributed by atoms with Crippen molar-refractivity contribution in [2.75, 3.05) is 0 Å². The molecule has 0 aromatic heterocycles. The van der Waals surface area contributed by atoms with E-state index in [0.29, 0.717) is 0 Å². The highest BCUT2D eigenvalue weighted by Crippen LogP contribution is 1.85. The standard InChI is InChI=1S/C13H16O2/c1-2-3-4-5-6-7-8-9-10-11-12-13(14)15/h3-12H,2H2,1H3,(H,14,15). The van der Waals surface area contributed by atoms with Crippen LogP contribution >= 0.6 is 0 Å². The highest BCUT2D eigenvalue weighted by Gasteiger charge is 1.78. The van der Waals surface area contributed by atoms with E-state index in [0.717, 1.165) is 12.5 Å². The molecule has 0 fully saturated rings. The summed E-state index contributed by atoms with van der Waals surface area (Å²) in [5.74, 6) is -0.937. The first-order valence-electron chi connectivity index (χ1n) is 4.83. The second-order valence-corrected chi connectivity index (χ2v) is 2.69. The molecule has 0 aliphatic rings. The number of carbonyl (C=O) groups is 1. The Labute approximate surface area is 90.6 Å². The predicted molar refractivity (Wildman–Crippen MR) is 63.6 cm³/mol. The molecule has 0 spiro atoms. The third kappa shape index (κ3) is 12.2. The Hall–Kier alpha value is -1.83. The van der Waals surface area contributed by atoms with Crippen LogP contribution in [-0.4, -0.2) is 11.1 Å². The van der Waals surface area contributed by atoms with Gasteiger partial charge in [-0.15, -0.1) is 0 Å². The maximum atomic E-state index is 10.1. The zero-order valence-electron chi connectivity index (χ0n) is 8.84. The van der Waals surface area contributed by atoms with E-state index in [4.69, 9.17) is 5.11 Å². The molecule has 0 saturated carbocycles. The van der Waals surface area contributed by atoms with Gasteiger partial charge in [-0.05, 0) is 6.42 Å². The van der Waals surface area contributed by atoms with Crippen molar-refractivity contribution >= 4 is 5.97 Å². The van der Waals surface area contributed by atoms with Gasteiger partial charge in [-0.3, -0.25) is 0 Å². The van der Waals surface area contributed by atoms with Crippen molar-refractivity contribution in [2.45, 2.75) is 13.3 Å². The molecule has 0 atom stereocenters. The highest BCUT2D eigenvalue weighted by atomic mass is 16.4. The molecule has 0 bridgehead atoms. The van der Waals surface area contributed by atoms with Gasteiger partial charge < -0.3 is 5.11 Å². The van der Waals surface area contributed by atoms with E-state index in [2.05, 4.69) is 13.0 Å². The molecule has 15 heavy (non-hydrogen) atoms. The smallest absolute Gasteiger partial charge is 0.328 e. The van der Waals surface area contributed by atoms with Crippen LogP contribution in [0.4, 0.5) is 0 Å². The van der Waals surface area contributed by atoms with Gasteiger partial charge in [-0.25, -0.2) is 4.79 Å². The van der Waals surface area contributed by atoms with Crippen LogP contribution in [0.25, 0.3) is 0 Å². The number of hydrogen-bond donors (Lipinski definition) is 1. The summed E-state index contributed by atoms with van der Waals surface area (Å²) in [4.78, 5) is 10.1. The molecule has 0 aliphatic heterocycles. The second kappa shape index (κ2) is 10.3. The van der Waals surface area contributed by atoms with E-state index in [1.54, 1.807) is 12.2 Å². The van der Waals surface area contributed by atoms with E-state index < -0.39 is 5.97 Å². The Morgan fingerprint density at radius 1 is 0.933 bits per heavy atom. The van der Waals surface area contributed by atoms with Gasteiger partial charge in [0.25, 0.3) is 0 Å². The summed E-state index contributed by atoms with van der Waals surface area (Å²) < 4.78 is 0. The van der Waals surface area contributed by atoms with Gasteiger partial charge in [0.05, 0.1) is 0 Å². The minimum absolute atomic E-state index is 0.937. The molecule has 0 aromatic carbocycles. The summed E-state index contributed by atoms with van der Waals surface area (Å²) >= 11 is 0. The lowest BCUT2D eigenvalue weighted by atomic mass is 10.3. The minimum Gasteiger partial charge on any atom is -0.478 e. The molecule has 0 saturated heterocycles. The molecular formula is C13H16O2. The minimum atomic E-state index is -0.937. The highest BCUT2D eigenvalue weighted by molar-refractivity contribution is 5.80. The summed E-state index contributed by atoms with van der Waals surface area (Å²) in [5.41, 5.74) is 0. The van der Waals surface area contributed by atoms with Gasteiger partial charge in [0.15, 0.2) is 0 Å². The third-order valence-corrected chi connectivity index (χ3v) is 1.39. The molecule has 2 nitrogen and oxygen atoms in total. The van der Waals surface area contributed by atoms with E-state index in [-0.39, 0.29) is 0 Å². The lowest BCUT2D eigenvalue weighted by Crippen LogP contribution is -1.84. The summed E-state index contributed by atoms with van der Waals surface area (Å²) in [6.07, 6.45) is 18.7. The van der Waals surface area contributed by atoms with Gasteiger partial charge in [-0.2, -0.15) is 0 Å². The fraction of sp³-hybridized carbons (Fsp3) is 0.154. The van der Waals surface area contributed by atoms with E-state index in [1.165, 1.54) is 6.08 Å². The molecule has 0 radical (unpaired) electrons. The van der Waals surface area contributed by atoms with Gasteiger partial charge in [0.2, 0.25) is 0 Å². The molecule has 0 heterocycles. The molecule has 80 valence electrons. The predicted octanol–water partition coefficient (Wildman–Crippen LogP) is 3.26. The van der Waals surface area contributed by atoms with Crippen molar-refractivity contribution in [3.63, 3.8) is 0 Å². The molecular weight excluding hydrogens is 188 g/mol. The number of rotatable bonds is 6. The fourth-order valence-electron chi connectivity index (χ4n) is 0.737. The van der Waals surface area contributed by atoms with Crippen molar-refractivity contribution in [2.24, 2.45) is 0 Å². The maximum absolute atomic E-state index is 10.1. The Bertz CT molecular complexity index is 304. The molecule has 0 aliphatic carbocycles. The summed E-state index contributed by atoms with van der Waals surface area (Å²) in [6, 6.07) is 0. The van der Waals surface area contributed by atoms with Crippen LogP contribution in [0.2, 0.25) is 0 Å². The quantitative estimate of drug-likeness (QED) is 0.532. The average Bonchev–Trinajstić information content (AvgIpc) is 2.20. The van der Waals surface area contributed by atoms with Crippen molar-refractivity contribution in [1.82, 2.24) is 0 Å². The van der Waals surface area contributed by atoms with E-state index in [9.17, 15) is 4.79 Å². The monoisotopic (exact) mass is 204 g/mol. The molecule has 0 rings (SSSR count). The van der Waals surface area contributed by atoms with Crippen LogP contribution in [-0.2, 0) is 4.79 Å². The average molecular weight is 204 g/mol. The Balaban J connectivity index is 3.75. The SMILES string of the molecule is CCC=CC=CC=CC=CC=CC(=O)O. The van der Waals surface area contributed by atoms with Gasteiger partial charge in [0.1, 0.15) is 0 Å². The number of carboxylic acids is 1. The summed E-state index contributed by atoms with van der Waals surface area (Å²) in [7, 11) is 0. The zero-order valence-corrected chi connectivity index (χ0v) is 8.84. The number of hydrogen-bond acceptors (Lipinski definition) is 1. The molecule has 0 unspecified atom stereocenters. The molecule has 2 heteroatoms. The largest absolute Gasteiger partial charge is 0.478 e. The number of allylic oxidation sites excluding steroid dienone is 9. The lowest BCUT2D eigenvalue weighted by Gasteiger charge is -1.76.